The van der Waals surface area contributed by atoms with Crippen molar-refractivity contribution in [2.75, 3.05) is 11.4 Å². The highest BCUT2D eigenvalue weighted by atomic mass is 16.2. The van der Waals surface area contributed by atoms with Crippen LogP contribution in [0.15, 0.2) is 18.2 Å². The van der Waals surface area contributed by atoms with E-state index >= 15 is 0 Å². The summed E-state index contributed by atoms with van der Waals surface area (Å²) in [4.78, 5) is 26.4. The number of hydrogen-bond donors (Lipinski definition) is 1. The first-order chi connectivity index (χ1) is 9.93. The highest BCUT2D eigenvalue weighted by Gasteiger charge is 2.37. The summed E-state index contributed by atoms with van der Waals surface area (Å²) in [6.45, 7) is 8.67. The van der Waals surface area contributed by atoms with Crippen LogP contribution in [0.1, 0.15) is 37.8 Å². The number of amides is 2. The van der Waals surface area contributed by atoms with Gasteiger partial charge in [-0.15, -0.1) is 0 Å². The smallest absolute Gasteiger partial charge is 0.239 e. The minimum atomic E-state index is -0.541. The van der Waals surface area contributed by atoms with Gasteiger partial charge < -0.3 is 10.2 Å². The second kappa shape index (κ2) is 6.29. The number of hydrogen-bond acceptors (Lipinski definition) is 2. The zero-order valence-corrected chi connectivity index (χ0v) is 13.3. The van der Waals surface area contributed by atoms with Gasteiger partial charge in [0, 0.05) is 18.3 Å². The van der Waals surface area contributed by atoms with Gasteiger partial charge in [0.25, 0.3) is 0 Å². The van der Waals surface area contributed by atoms with Gasteiger partial charge in [0.15, 0.2) is 0 Å². The second-order valence-electron chi connectivity index (χ2n) is 5.92. The summed E-state index contributed by atoms with van der Waals surface area (Å²) in [5.74, 6) is -0.764. The molecule has 0 saturated carbocycles. The summed E-state index contributed by atoms with van der Waals surface area (Å²) in [6, 6.07) is 6.10. The van der Waals surface area contributed by atoms with Gasteiger partial charge in [-0.25, -0.2) is 0 Å². The number of carbonyl (C=O) groups is 2. The predicted octanol–water partition coefficient (Wildman–Crippen LogP) is 2.57. The number of nitrogens with zero attached hydrogens (tertiary/aromatic N) is 1. The average molecular weight is 288 g/mol. The van der Waals surface area contributed by atoms with E-state index in [1.807, 2.05) is 45.9 Å². The number of nitrogens with one attached hydrogen (secondary N) is 1. The molecule has 1 N–H and O–H groups in total. The maximum Gasteiger partial charge on any atom is 0.239 e. The van der Waals surface area contributed by atoms with Gasteiger partial charge >= 0.3 is 0 Å². The van der Waals surface area contributed by atoms with E-state index in [0.29, 0.717) is 13.0 Å². The molecule has 0 unspecified atom stereocenters. The van der Waals surface area contributed by atoms with Gasteiger partial charge in [0.2, 0.25) is 11.8 Å². The Morgan fingerprint density at radius 2 is 2.10 bits per heavy atom. The van der Waals surface area contributed by atoms with Crippen LogP contribution in [-0.4, -0.2) is 24.4 Å². The average Bonchev–Trinajstić information content (AvgIpc) is 2.83. The summed E-state index contributed by atoms with van der Waals surface area (Å²) in [5.41, 5.74) is 3.26. The molecule has 0 aromatic heterocycles. The molecule has 0 bridgehead atoms. The maximum atomic E-state index is 12.5. The Labute approximate surface area is 126 Å². The number of anilines is 1. The molecule has 114 valence electrons. The fourth-order valence-electron chi connectivity index (χ4n) is 2.52. The molecule has 0 radical (unpaired) electrons. The summed E-state index contributed by atoms with van der Waals surface area (Å²) in [5, 5.41) is 2.91. The van der Waals surface area contributed by atoms with Gasteiger partial charge in [-0.3, -0.25) is 9.59 Å². The van der Waals surface area contributed by atoms with E-state index < -0.39 is 5.92 Å². The summed E-state index contributed by atoms with van der Waals surface area (Å²) >= 11 is 0. The third kappa shape index (κ3) is 3.26. The molecule has 0 aliphatic carbocycles. The largest absolute Gasteiger partial charge is 0.353 e. The minimum absolute atomic E-state index is 0.0842. The molecule has 1 aromatic rings. The Morgan fingerprint density at radius 1 is 1.38 bits per heavy atom. The van der Waals surface area contributed by atoms with E-state index in [2.05, 4.69) is 5.32 Å². The molecule has 1 aliphatic rings. The first-order valence-corrected chi connectivity index (χ1v) is 7.63. The Bertz CT molecular complexity index is 554. The highest BCUT2D eigenvalue weighted by Crippen LogP contribution is 2.27. The number of carbonyl (C=O) groups excluding carboxylic acids is 2. The van der Waals surface area contributed by atoms with Gasteiger partial charge in [-0.2, -0.15) is 0 Å². The van der Waals surface area contributed by atoms with E-state index in [9.17, 15) is 9.59 Å². The Kier molecular flexibility index (Phi) is 4.66. The zero-order chi connectivity index (χ0) is 15.6. The van der Waals surface area contributed by atoms with Crippen LogP contribution in [0, 0.1) is 19.8 Å². The molecule has 21 heavy (non-hydrogen) atoms. The van der Waals surface area contributed by atoms with Crippen LogP contribution < -0.4 is 10.2 Å². The molecule has 1 aromatic carbocycles. The zero-order valence-electron chi connectivity index (χ0n) is 13.3. The first-order valence-electron chi connectivity index (χ1n) is 7.63. The van der Waals surface area contributed by atoms with Crippen molar-refractivity contribution in [1.82, 2.24) is 5.32 Å². The lowest BCUT2D eigenvalue weighted by molar-refractivity contribution is -0.132. The van der Waals surface area contributed by atoms with Gasteiger partial charge in [0.1, 0.15) is 5.92 Å². The van der Waals surface area contributed by atoms with Crippen molar-refractivity contribution in [2.24, 2.45) is 5.92 Å². The normalized spacial score (nSPS) is 19.7. The van der Waals surface area contributed by atoms with Crippen LogP contribution in [-0.2, 0) is 9.59 Å². The van der Waals surface area contributed by atoms with Crippen molar-refractivity contribution in [3.8, 4) is 0 Å². The van der Waals surface area contributed by atoms with Crippen LogP contribution in [0.3, 0.4) is 0 Å². The number of rotatable bonds is 4. The van der Waals surface area contributed by atoms with Crippen LogP contribution in [0.4, 0.5) is 5.69 Å². The first kappa shape index (κ1) is 15.5. The highest BCUT2D eigenvalue weighted by molar-refractivity contribution is 6.09. The fraction of sp³-hybridized carbons (Fsp3) is 0.529. The molecule has 1 aliphatic heterocycles. The van der Waals surface area contributed by atoms with Crippen LogP contribution in [0.25, 0.3) is 0 Å². The SMILES string of the molecule is CC[C@@H](C)NC(=O)[C@H]1CCN(c2ccc(C)c(C)c2)C1=O. The van der Waals surface area contributed by atoms with Gasteiger partial charge in [-0.1, -0.05) is 13.0 Å². The Balaban J connectivity index is 2.10. The molecule has 4 nitrogen and oxygen atoms in total. The summed E-state index contributed by atoms with van der Waals surface area (Å²) in [6.07, 6.45) is 1.46. The minimum Gasteiger partial charge on any atom is -0.353 e. The molecule has 4 heteroatoms. The Morgan fingerprint density at radius 3 is 2.71 bits per heavy atom. The van der Waals surface area contributed by atoms with Crippen molar-refractivity contribution in [2.45, 2.75) is 46.6 Å². The summed E-state index contributed by atoms with van der Waals surface area (Å²) in [7, 11) is 0. The van der Waals surface area contributed by atoms with E-state index in [1.165, 1.54) is 5.56 Å². The van der Waals surface area contributed by atoms with Crippen LogP contribution in [0.2, 0.25) is 0 Å². The van der Waals surface area contributed by atoms with Crippen molar-refractivity contribution in [3.05, 3.63) is 29.3 Å². The van der Waals surface area contributed by atoms with Gasteiger partial charge in [0.05, 0.1) is 0 Å². The molecule has 2 atom stereocenters. The van der Waals surface area contributed by atoms with E-state index in [0.717, 1.165) is 17.7 Å². The van der Waals surface area contributed by atoms with Crippen molar-refractivity contribution in [3.63, 3.8) is 0 Å². The van der Waals surface area contributed by atoms with Crippen molar-refractivity contribution in [1.29, 1.82) is 0 Å². The molecular formula is C17H24N2O2. The third-order valence-corrected chi connectivity index (χ3v) is 4.33. The predicted molar refractivity (Wildman–Crippen MR) is 84.3 cm³/mol. The Hall–Kier alpha value is -1.84. The van der Waals surface area contributed by atoms with E-state index in [1.54, 1.807) is 4.90 Å². The maximum absolute atomic E-state index is 12.5. The molecule has 2 rings (SSSR count). The third-order valence-electron chi connectivity index (χ3n) is 4.33. The van der Waals surface area contributed by atoms with Crippen LogP contribution >= 0.6 is 0 Å². The number of benzene rings is 1. The van der Waals surface area contributed by atoms with E-state index in [-0.39, 0.29) is 17.9 Å². The molecule has 1 fully saturated rings. The fourth-order valence-corrected chi connectivity index (χ4v) is 2.52. The molecular weight excluding hydrogens is 264 g/mol. The lowest BCUT2D eigenvalue weighted by atomic mass is 10.1. The van der Waals surface area contributed by atoms with Crippen molar-refractivity contribution < 1.29 is 9.59 Å². The van der Waals surface area contributed by atoms with Crippen molar-refractivity contribution >= 4 is 17.5 Å². The quantitative estimate of drug-likeness (QED) is 0.866. The molecule has 0 spiro atoms. The lowest BCUT2D eigenvalue weighted by Gasteiger charge is -2.19. The number of aryl methyl sites for hydroxylation is 2. The second-order valence-corrected chi connectivity index (χ2v) is 5.92. The summed E-state index contributed by atoms with van der Waals surface area (Å²) < 4.78 is 0. The molecule has 2 amide bonds. The molecule has 1 saturated heterocycles. The van der Waals surface area contributed by atoms with Gasteiger partial charge in [-0.05, 0) is 56.9 Å². The molecule has 1 heterocycles. The van der Waals surface area contributed by atoms with E-state index in [4.69, 9.17) is 0 Å². The monoisotopic (exact) mass is 288 g/mol. The lowest BCUT2D eigenvalue weighted by Crippen LogP contribution is -2.40. The standard InChI is InChI=1S/C17H24N2O2/c1-5-13(4)18-16(20)15-8-9-19(17(15)21)14-7-6-11(2)12(3)10-14/h6-7,10,13,15H,5,8-9H2,1-4H3,(H,18,20)/t13-,15-/m1/s1. The van der Waals surface area contributed by atoms with Crippen LogP contribution in [0.5, 0.6) is 0 Å². The topological polar surface area (TPSA) is 49.4 Å².